The smallest absolute Gasteiger partial charge is 0.213 e. The number of imidazole rings is 2. The highest BCUT2D eigenvalue weighted by atomic mass is 35.5. The van der Waals surface area contributed by atoms with E-state index in [0.717, 1.165) is 27.8 Å². The van der Waals surface area contributed by atoms with Crippen LogP contribution in [0.2, 0.25) is 5.02 Å². The van der Waals surface area contributed by atoms with E-state index in [9.17, 15) is 0 Å². The van der Waals surface area contributed by atoms with Crippen LogP contribution in [-0.4, -0.2) is 14.4 Å². The lowest BCUT2D eigenvalue weighted by Gasteiger charge is -1.94. The Morgan fingerprint density at radius 3 is 2.76 bits per heavy atom. The fraction of sp³-hybridized carbons (Fsp3) is 0. The predicted octanol–water partition coefficient (Wildman–Crippen LogP) is 3.62. The van der Waals surface area contributed by atoms with Crippen LogP contribution in [0.15, 0.2) is 42.5 Å². The SMILES string of the molecule is Clc1cccc2c1nc1[nH]c3ccccc3n12. The predicted molar refractivity (Wildman–Crippen MR) is 69.6 cm³/mol. The number of nitrogens with one attached hydrogen (secondary N) is 1. The highest BCUT2D eigenvalue weighted by Gasteiger charge is 2.11. The molecule has 4 aromatic rings. The van der Waals surface area contributed by atoms with Gasteiger partial charge in [0, 0.05) is 0 Å². The second kappa shape index (κ2) is 3.02. The molecule has 2 aromatic carbocycles. The molecule has 0 atom stereocenters. The molecule has 17 heavy (non-hydrogen) atoms. The average molecular weight is 242 g/mol. The van der Waals surface area contributed by atoms with Gasteiger partial charge in [-0.15, -0.1) is 0 Å². The van der Waals surface area contributed by atoms with Gasteiger partial charge >= 0.3 is 0 Å². The van der Waals surface area contributed by atoms with Gasteiger partial charge in [0.25, 0.3) is 0 Å². The normalized spacial score (nSPS) is 11.8. The Labute approximate surface area is 102 Å². The highest BCUT2D eigenvalue weighted by Crippen LogP contribution is 2.27. The summed E-state index contributed by atoms with van der Waals surface area (Å²) in [6.07, 6.45) is 0. The summed E-state index contributed by atoms with van der Waals surface area (Å²) in [5.41, 5.74) is 4.07. The quantitative estimate of drug-likeness (QED) is 0.501. The third-order valence-electron chi connectivity index (χ3n) is 3.03. The summed E-state index contributed by atoms with van der Waals surface area (Å²) in [7, 11) is 0. The Balaban J connectivity index is 2.36. The molecule has 0 fully saturated rings. The third kappa shape index (κ3) is 1.09. The molecule has 0 aliphatic rings. The van der Waals surface area contributed by atoms with E-state index in [1.165, 1.54) is 0 Å². The summed E-state index contributed by atoms with van der Waals surface area (Å²) in [5.74, 6) is 0.828. The molecule has 0 saturated carbocycles. The fourth-order valence-electron chi connectivity index (χ4n) is 2.29. The van der Waals surface area contributed by atoms with E-state index in [4.69, 9.17) is 11.6 Å². The van der Waals surface area contributed by atoms with Crippen LogP contribution in [0.1, 0.15) is 0 Å². The molecule has 0 spiro atoms. The van der Waals surface area contributed by atoms with Crippen LogP contribution in [0.4, 0.5) is 0 Å². The third-order valence-corrected chi connectivity index (χ3v) is 3.33. The number of benzene rings is 2. The summed E-state index contributed by atoms with van der Waals surface area (Å²) >= 11 is 6.15. The van der Waals surface area contributed by atoms with E-state index >= 15 is 0 Å². The van der Waals surface area contributed by atoms with Crippen LogP contribution in [0.25, 0.3) is 27.8 Å². The van der Waals surface area contributed by atoms with Gasteiger partial charge < -0.3 is 4.98 Å². The molecule has 3 nitrogen and oxygen atoms in total. The Bertz CT molecular complexity index is 857. The minimum Gasteiger partial charge on any atom is -0.323 e. The molecule has 82 valence electrons. The minimum atomic E-state index is 0.684. The minimum absolute atomic E-state index is 0.684. The fourth-order valence-corrected chi connectivity index (χ4v) is 2.50. The summed E-state index contributed by atoms with van der Waals surface area (Å²) < 4.78 is 2.09. The Hall–Kier alpha value is -2.00. The van der Waals surface area contributed by atoms with Crippen LogP contribution in [0.5, 0.6) is 0 Å². The van der Waals surface area contributed by atoms with Gasteiger partial charge in [0.1, 0.15) is 5.52 Å². The monoisotopic (exact) mass is 241 g/mol. The Morgan fingerprint density at radius 1 is 1.00 bits per heavy atom. The molecule has 0 unspecified atom stereocenters. The first-order chi connectivity index (χ1) is 8.34. The summed E-state index contributed by atoms with van der Waals surface area (Å²) in [5, 5.41) is 0.684. The molecule has 0 amide bonds. The van der Waals surface area contributed by atoms with Crippen molar-refractivity contribution >= 4 is 39.4 Å². The van der Waals surface area contributed by atoms with Crippen molar-refractivity contribution in [2.75, 3.05) is 0 Å². The van der Waals surface area contributed by atoms with Crippen molar-refractivity contribution in [2.24, 2.45) is 0 Å². The number of halogens is 1. The molecule has 0 saturated heterocycles. The lowest BCUT2D eigenvalue weighted by Crippen LogP contribution is -1.79. The molecule has 2 aromatic heterocycles. The zero-order chi connectivity index (χ0) is 11.4. The van der Waals surface area contributed by atoms with Crippen molar-refractivity contribution < 1.29 is 0 Å². The van der Waals surface area contributed by atoms with Crippen LogP contribution in [-0.2, 0) is 0 Å². The second-order valence-electron chi connectivity index (χ2n) is 4.02. The van der Waals surface area contributed by atoms with E-state index in [1.807, 2.05) is 36.4 Å². The van der Waals surface area contributed by atoms with Crippen molar-refractivity contribution in [1.29, 1.82) is 0 Å². The molecule has 2 heterocycles. The molecule has 0 aliphatic heterocycles. The van der Waals surface area contributed by atoms with Gasteiger partial charge in [-0.25, -0.2) is 4.98 Å². The van der Waals surface area contributed by atoms with E-state index in [2.05, 4.69) is 20.4 Å². The number of hydrogen-bond acceptors (Lipinski definition) is 1. The van der Waals surface area contributed by atoms with Crippen molar-refractivity contribution in [3.8, 4) is 0 Å². The number of para-hydroxylation sites is 3. The van der Waals surface area contributed by atoms with Gasteiger partial charge in [-0.1, -0.05) is 29.8 Å². The Morgan fingerprint density at radius 2 is 1.82 bits per heavy atom. The lowest BCUT2D eigenvalue weighted by molar-refractivity contribution is 1.28. The van der Waals surface area contributed by atoms with Crippen molar-refractivity contribution in [3.05, 3.63) is 47.5 Å². The molecular formula is C13H8ClN3. The number of aromatic amines is 1. The van der Waals surface area contributed by atoms with E-state index < -0.39 is 0 Å². The van der Waals surface area contributed by atoms with Gasteiger partial charge in [-0.2, -0.15) is 0 Å². The van der Waals surface area contributed by atoms with Crippen molar-refractivity contribution in [3.63, 3.8) is 0 Å². The number of aromatic nitrogens is 3. The molecule has 4 heteroatoms. The van der Waals surface area contributed by atoms with Gasteiger partial charge in [-0.3, -0.25) is 4.40 Å². The summed E-state index contributed by atoms with van der Waals surface area (Å²) in [4.78, 5) is 7.82. The number of rotatable bonds is 0. The molecule has 0 bridgehead atoms. The van der Waals surface area contributed by atoms with Crippen LogP contribution >= 0.6 is 11.6 Å². The molecule has 1 N–H and O–H groups in total. The number of fused-ring (bicyclic) bond motifs is 5. The van der Waals surface area contributed by atoms with Gasteiger partial charge in [-0.05, 0) is 24.3 Å². The van der Waals surface area contributed by atoms with Gasteiger partial charge in [0.05, 0.1) is 21.6 Å². The van der Waals surface area contributed by atoms with Gasteiger partial charge in [0.15, 0.2) is 0 Å². The van der Waals surface area contributed by atoms with Crippen LogP contribution < -0.4 is 0 Å². The van der Waals surface area contributed by atoms with E-state index in [0.29, 0.717) is 5.02 Å². The van der Waals surface area contributed by atoms with E-state index in [1.54, 1.807) is 0 Å². The second-order valence-corrected chi connectivity index (χ2v) is 4.43. The standard InChI is InChI=1S/C13H8ClN3/c14-8-4-3-7-11-12(8)16-13-15-9-5-1-2-6-10(9)17(11)13/h1-7H,(H,15,16). The first kappa shape index (κ1) is 9.07. The summed E-state index contributed by atoms with van der Waals surface area (Å²) in [6, 6.07) is 14.0. The highest BCUT2D eigenvalue weighted by molar-refractivity contribution is 6.35. The molecule has 0 aliphatic carbocycles. The zero-order valence-corrected chi connectivity index (χ0v) is 9.57. The lowest BCUT2D eigenvalue weighted by atomic mass is 10.3. The largest absolute Gasteiger partial charge is 0.323 e. The number of hydrogen-bond donors (Lipinski definition) is 1. The molecule has 4 rings (SSSR count). The maximum Gasteiger partial charge on any atom is 0.213 e. The van der Waals surface area contributed by atoms with Gasteiger partial charge in [0.2, 0.25) is 5.78 Å². The number of H-pyrrole nitrogens is 1. The molecular weight excluding hydrogens is 234 g/mol. The zero-order valence-electron chi connectivity index (χ0n) is 8.81. The van der Waals surface area contributed by atoms with Crippen LogP contribution in [0.3, 0.4) is 0 Å². The average Bonchev–Trinajstić information content (AvgIpc) is 2.85. The topological polar surface area (TPSA) is 33.1 Å². The Kier molecular flexibility index (Phi) is 1.61. The maximum atomic E-state index is 6.15. The number of nitrogens with zero attached hydrogens (tertiary/aromatic N) is 2. The first-order valence-electron chi connectivity index (χ1n) is 5.38. The van der Waals surface area contributed by atoms with E-state index in [-0.39, 0.29) is 0 Å². The maximum absolute atomic E-state index is 6.15. The first-order valence-corrected chi connectivity index (χ1v) is 5.76. The van der Waals surface area contributed by atoms with Crippen molar-refractivity contribution in [1.82, 2.24) is 14.4 Å². The van der Waals surface area contributed by atoms with Crippen molar-refractivity contribution in [2.45, 2.75) is 0 Å². The summed E-state index contributed by atoms with van der Waals surface area (Å²) in [6.45, 7) is 0. The van der Waals surface area contributed by atoms with Crippen LogP contribution in [0, 0.1) is 0 Å². The molecule has 0 radical (unpaired) electrons.